The predicted octanol–water partition coefficient (Wildman–Crippen LogP) is 8.54. The topological polar surface area (TPSA) is 52.1 Å². The number of aryl methyl sites for hydroxylation is 1. The van der Waals surface area contributed by atoms with Crippen molar-refractivity contribution in [3.63, 3.8) is 0 Å². The SMILES string of the molecule is CCCCCCCCCC(C)(F)C(=O)Oc1ccc(-c2ccccc2-c2ncc(CCC)cn2)cc1. The number of benzene rings is 2. The molecule has 1 aromatic heterocycles. The van der Waals surface area contributed by atoms with Crippen LogP contribution in [0, 0.1) is 0 Å². The van der Waals surface area contributed by atoms with Crippen molar-refractivity contribution in [3.05, 3.63) is 66.5 Å². The largest absolute Gasteiger partial charge is 0.424 e. The van der Waals surface area contributed by atoms with Crippen LogP contribution in [0.15, 0.2) is 60.9 Å². The van der Waals surface area contributed by atoms with Crippen molar-refractivity contribution >= 4 is 5.97 Å². The van der Waals surface area contributed by atoms with Crippen molar-refractivity contribution in [2.75, 3.05) is 0 Å². The van der Waals surface area contributed by atoms with Crippen molar-refractivity contribution in [2.45, 2.75) is 90.6 Å². The molecule has 0 radical (unpaired) electrons. The normalized spacial score (nSPS) is 12.8. The minimum absolute atomic E-state index is 0.183. The Morgan fingerprint density at radius 3 is 2.08 bits per heavy atom. The summed E-state index contributed by atoms with van der Waals surface area (Å²) in [7, 11) is 0. The number of halogens is 1. The lowest BCUT2D eigenvalue weighted by atomic mass is 9.98. The van der Waals surface area contributed by atoms with Crippen molar-refractivity contribution in [1.82, 2.24) is 9.97 Å². The molecule has 3 aromatic rings. The molecule has 1 heterocycles. The van der Waals surface area contributed by atoms with E-state index < -0.39 is 11.6 Å². The summed E-state index contributed by atoms with van der Waals surface area (Å²) >= 11 is 0. The molecule has 1 unspecified atom stereocenters. The number of nitrogens with zero attached hydrogens (tertiary/aromatic N) is 2. The molecule has 36 heavy (non-hydrogen) atoms. The van der Waals surface area contributed by atoms with Crippen LogP contribution in [0.5, 0.6) is 5.75 Å². The number of ether oxygens (including phenoxy) is 1. The quantitative estimate of drug-likeness (QED) is 0.129. The van der Waals surface area contributed by atoms with E-state index in [2.05, 4.69) is 23.8 Å². The Morgan fingerprint density at radius 2 is 1.44 bits per heavy atom. The molecular formula is C31H39FN2O2. The average Bonchev–Trinajstić information content (AvgIpc) is 2.89. The zero-order valence-corrected chi connectivity index (χ0v) is 21.9. The van der Waals surface area contributed by atoms with Gasteiger partial charge in [-0.1, -0.05) is 95.2 Å². The minimum atomic E-state index is -1.99. The first-order chi connectivity index (χ1) is 17.4. The fraction of sp³-hybridized carbons (Fsp3) is 0.452. The second-order valence-corrected chi connectivity index (χ2v) is 9.69. The fourth-order valence-corrected chi connectivity index (χ4v) is 4.27. The molecule has 3 rings (SSSR count). The molecule has 0 aliphatic carbocycles. The van der Waals surface area contributed by atoms with Gasteiger partial charge in [-0.25, -0.2) is 19.2 Å². The third-order valence-corrected chi connectivity index (χ3v) is 6.46. The number of hydrogen-bond donors (Lipinski definition) is 0. The first-order valence-corrected chi connectivity index (χ1v) is 13.4. The first kappa shape index (κ1) is 27.5. The lowest BCUT2D eigenvalue weighted by Gasteiger charge is -2.18. The number of carbonyl (C=O) groups is 1. The van der Waals surface area contributed by atoms with Gasteiger partial charge in [-0.2, -0.15) is 0 Å². The summed E-state index contributed by atoms with van der Waals surface area (Å²) in [5.41, 5.74) is 1.98. The predicted molar refractivity (Wildman–Crippen MR) is 145 cm³/mol. The van der Waals surface area contributed by atoms with E-state index in [9.17, 15) is 9.18 Å². The van der Waals surface area contributed by atoms with Gasteiger partial charge in [-0.3, -0.25) is 0 Å². The maximum absolute atomic E-state index is 15.0. The van der Waals surface area contributed by atoms with Crippen LogP contribution >= 0.6 is 0 Å². The average molecular weight is 491 g/mol. The molecule has 2 aromatic carbocycles. The number of hydrogen-bond acceptors (Lipinski definition) is 4. The van der Waals surface area contributed by atoms with Crippen molar-refractivity contribution in [2.24, 2.45) is 0 Å². The Balaban J connectivity index is 1.61. The van der Waals surface area contributed by atoms with E-state index in [1.54, 1.807) is 12.1 Å². The van der Waals surface area contributed by atoms with Crippen molar-refractivity contribution < 1.29 is 13.9 Å². The highest BCUT2D eigenvalue weighted by molar-refractivity contribution is 5.82. The molecule has 0 aliphatic heterocycles. The van der Waals surface area contributed by atoms with Crippen LogP contribution in [0.1, 0.15) is 84.1 Å². The van der Waals surface area contributed by atoms with E-state index in [-0.39, 0.29) is 6.42 Å². The van der Waals surface area contributed by atoms with Crippen LogP contribution in [0.4, 0.5) is 4.39 Å². The zero-order chi connectivity index (χ0) is 25.8. The van der Waals surface area contributed by atoms with E-state index in [1.165, 1.54) is 32.6 Å². The Labute approximate surface area is 215 Å². The van der Waals surface area contributed by atoms with Gasteiger partial charge in [0.05, 0.1) is 0 Å². The third kappa shape index (κ3) is 7.97. The summed E-state index contributed by atoms with van der Waals surface area (Å²) in [6.45, 7) is 5.65. The molecule has 0 saturated carbocycles. The van der Waals surface area contributed by atoms with E-state index in [0.717, 1.165) is 47.9 Å². The van der Waals surface area contributed by atoms with Gasteiger partial charge in [0.2, 0.25) is 5.67 Å². The van der Waals surface area contributed by atoms with E-state index in [1.807, 2.05) is 48.8 Å². The number of unbranched alkanes of at least 4 members (excludes halogenated alkanes) is 6. The zero-order valence-electron chi connectivity index (χ0n) is 21.9. The van der Waals surface area contributed by atoms with Crippen LogP contribution in [-0.4, -0.2) is 21.6 Å². The van der Waals surface area contributed by atoms with Gasteiger partial charge < -0.3 is 4.74 Å². The molecule has 0 amide bonds. The van der Waals surface area contributed by atoms with Crippen LogP contribution in [0.2, 0.25) is 0 Å². The highest BCUT2D eigenvalue weighted by Crippen LogP contribution is 2.32. The summed E-state index contributed by atoms with van der Waals surface area (Å²) < 4.78 is 20.4. The molecule has 0 spiro atoms. The Hall–Kier alpha value is -3.08. The molecule has 0 saturated heterocycles. The summed E-state index contributed by atoms with van der Waals surface area (Å²) in [5, 5.41) is 0. The summed E-state index contributed by atoms with van der Waals surface area (Å²) in [5.74, 6) is 0.173. The second-order valence-electron chi connectivity index (χ2n) is 9.69. The van der Waals surface area contributed by atoms with Crippen LogP contribution in [-0.2, 0) is 11.2 Å². The minimum Gasteiger partial charge on any atom is -0.424 e. The number of esters is 1. The van der Waals surface area contributed by atoms with Crippen LogP contribution in [0.25, 0.3) is 22.5 Å². The van der Waals surface area contributed by atoms with E-state index >= 15 is 0 Å². The third-order valence-electron chi connectivity index (χ3n) is 6.46. The van der Waals surface area contributed by atoms with Crippen molar-refractivity contribution in [3.8, 4) is 28.3 Å². The Morgan fingerprint density at radius 1 is 0.833 bits per heavy atom. The fourth-order valence-electron chi connectivity index (χ4n) is 4.27. The van der Waals surface area contributed by atoms with Gasteiger partial charge in [0, 0.05) is 18.0 Å². The molecule has 0 N–H and O–H groups in total. The lowest BCUT2D eigenvalue weighted by Crippen LogP contribution is -2.34. The Bertz CT molecular complexity index is 1080. The van der Waals surface area contributed by atoms with Crippen molar-refractivity contribution in [1.29, 1.82) is 0 Å². The smallest absolute Gasteiger partial charge is 0.348 e. The molecular weight excluding hydrogens is 451 g/mol. The lowest BCUT2D eigenvalue weighted by molar-refractivity contribution is -0.147. The van der Waals surface area contributed by atoms with Gasteiger partial charge in [-0.05, 0) is 55.0 Å². The summed E-state index contributed by atoms with van der Waals surface area (Å²) in [4.78, 5) is 21.6. The van der Waals surface area contributed by atoms with Gasteiger partial charge in [0.25, 0.3) is 0 Å². The molecule has 0 aliphatic rings. The van der Waals surface area contributed by atoms with E-state index in [4.69, 9.17) is 4.74 Å². The number of carbonyl (C=O) groups excluding carboxylic acids is 1. The van der Waals surface area contributed by atoms with Crippen LogP contribution in [0.3, 0.4) is 0 Å². The monoisotopic (exact) mass is 490 g/mol. The highest BCUT2D eigenvalue weighted by Gasteiger charge is 2.34. The van der Waals surface area contributed by atoms with Gasteiger partial charge in [0.15, 0.2) is 5.82 Å². The van der Waals surface area contributed by atoms with Gasteiger partial charge >= 0.3 is 5.97 Å². The molecule has 1 atom stereocenters. The number of aromatic nitrogens is 2. The number of rotatable bonds is 14. The summed E-state index contributed by atoms with van der Waals surface area (Å²) in [6.07, 6.45) is 13.5. The van der Waals surface area contributed by atoms with Crippen LogP contribution < -0.4 is 4.74 Å². The maximum atomic E-state index is 15.0. The molecule has 0 fully saturated rings. The maximum Gasteiger partial charge on any atom is 0.348 e. The van der Waals surface area contributed by atoms with Gasteiger partial charge in [0.1, 0.15) is 5.75 Å². The summed E-state index contributed by atoms with van der Waals surface area (Å²) in [6, 6.07) is 15.1. The highest BCUT2D eigenvalue weighted by atomic mass is 19.1. The first-order valence-electron chi connectivity index (χ1n) is 13.4. The second kappa shape index (κ2) is 13.9. The molecule has 192 valence electrons. The molecule has 5 heteroatoms. The van der Waals surface area contributed by atoms with Gasteiger partial charge in [-0.15, -0.1) is 0 Å². The Kier molecular flexibility index (Phi) is 10.6. The van der Waals surface area contributed by atoms with E-state index in [0.29, 0.717) is 18.0 Å². The number of alkyl halides is 1. The molecule has 0 bridgehead atoms. The molecule has 4 nitrogen and oxygen atoms in total. The standard InChI is InChI=1S/C31H39FN2O2/c1-4-6-7-8-9-10-13-21-31(3,32)30(35)36-26-19-17-25(18-20-26)27-15-11-12-16-28(27)29-33-22-24(14-5-2)23-34-29/h11-12,15-20,22-23H,4-10,13-14,21H2,1-3H3.